The Kier molecular flexibility index (Phi) is 7.90. The molecular weight excluding hydrogens is 501 g/mol. The number of aromatic nitrogens is 1. The molecule has 2 saturated carbocycles. The fourth-order valence-electron chi connectivity index (χ4n) is 4.32. The van der Waals surface area contributed by atoms with E-state index in [1.807, 2.05) is 0 Å². The molecule has 0 unspecified atom stereocenters. The first kappa shape index (κ1) is 25.8. The van der Waals surface area contributed by atoms with Crippen molar-refractivity contribution in [2.45, 2.75) is 76.2 Å². The summed E-state index contributed by atoms with van der Waals surface area (Å²) in [6, 6.07) is 1.45. The lowest BCUT2D eigenvalue weighted by atomic mass is 9.97. The van der Waals surface area contributed by atoms with Crippen LogP contribution in [0.2, 0.25) is 5.02 Å². The lowest BCUT2D eigenvalue weighted by Crippen LogP contribution is -2.48. The first-order valence-corrected chi connectivity index (χ1v) is 13.0. The predicted octanol–water partition coefficient (Wildman–Crippen LogP) is 5.78. The molecule has 0 bridgehead atoms. The van der Waals surface area contributed by atoms with Crippen LogP contribution in [0.1, 0.15) is 71.2 Å². The van der Waals surface area contributed by atoms with E-state index in [-0.39, 0.29) is 32.4 Å². The van der Waals surface area contributed by atoms with Crippen molar-refractivity contribution in [1.29, 1.82) is 0 Å². The molecule has 0 aromatic carbocycles. The summed E-state index contributed by atoms with van der Waals surface area (Å²) in [4.78, 5) is 29.8. The normalized spacial score (nSPS) is 18.2. The van der Waals surface area contributed by atoms with Gasteiger partial charge >= 0.3 is 6.18 Å². The number of halogens is 4. The third-order valence-electron chi connectivity index (χ3n) is 6.41. The minimum Gasteiger partial charge on any atom is -0.368 e. The van der Waals surface area contributed by atoms with Gasteiger partial charge in [-0.05, 0) is 50.3 Å². The van der Waals surface area contributed by atoms with Crippen LogP contribution in [0.4, 0.5) is 18.9 Å². The molecule has 2 aromatic heterocycles. The Bertz CT molecular complexity index is 1070. The van der Waals surface area contributed by atoms with Crippen LogP contribution in [-0.4, -0.2) is 35.1 Å². The summed E-state index contributed by atoms with van der Waals surface area (Å²) in [7, 11) is 0. The molecule has 6 nitrogen and oxygen atoms in total. The number of amides is 2. The number of aryl methyl sites for hydroxylation is 1. The van der Waals surface area contributed by atoms with Crippen molar-refractivity contribution in [3.8, 4) is 0 Å². The molecule has 0 aliphatic heterocycles. The minimum atomic E-state index is -4.62. The average molecular weight is 529 g/mol. The molecule has 2 amide bonds. The van der Waals surface area contributed by atoms with Gasteiger partial charge in [0.15, 0.2) is 6.04 Å². The van der Waals surface area contributed by atoms with Crippen LogP contribution < -0.4 is 16.0 Å². The van der Waals surface area contributed by atoms with Gasteiger partial charge < -0.3 is 16.0 Å². The van der Waals surface area contributed by atoms with Crippen LogP contribution in [-0.2, 0) is 4.79 Å². The van der Waals surface area contributed by atoms with Gasteiger partial charge in [-0.25, -0.2) is 0 Å². The summed E-state index contributed by atoms with van der Waals surface area (Å²) in [5.74, 6) is -0.405. The van der Waals surface area contributed by atoms with Gasteiger partial charge in [0, 0.05) is 17.1 Å². The molecule has 2 atom stereocenters. The number of hydrogen-bond acceptors (Lipinski definition) is 5. The topological polar surface area (TPSA) is 83.1 Å². The molecule has 2 aliphatic carbocycles. The second kappa shape index (κ2) is 10.7. The van der Waals surface area contributed by atoms with Crippen molar-refractivity contribution < 1.29 is 22.8 Å². The molecule has 0 spiro atoms. The second-order valence-corrected chi connectivity index (χ2v) is 10.9. The molecule has 2 aromatic rings. The Labute approximate surface area is 211 Å². The second-order valence-electron chi connectivity index (χ2n) is 9.30. The zero-order chi connectivity index (χ0) is 25.2. The number of nitrogens with zero attached hydrogens (tertiary/aromatic N) is 1. The van der Waals surface area contributed by atoms with Gasteiger partial charge in [-0.3, -0.25) is 14.6 Å². The van der Waals surface area contributed by atoms with E-state index in [1.54, 1.807) is 6.92 Å². The van der Waals surface area contributed by atoms with E-state index in [2.05, 4.69) is 20.9 Å². The zero-order valence-electron chi connectivity index (χ0n) is 19.3. The van der Waals surface area contributed by atoms with Crippen molar-refractivity contribution in [2.75, 3.05) is 5.32 Å². The van der Waals surface area contributed by atoms with Crippen LogP contribution in [0.5, 0.6) is 0 Å². The summed E-state index contributed by atoms with van der Waals surface area (Å²) in [5, 5.41) is 8.41. The monoisotopic (exact) mass is 528 g/mol. The molecule has 2 aliphatic rings. The standard InChI is InChI=1S/C24H28ClF3N4O2S/c1-13-17(11-15(25)12-29-13)31-21(24(26,27)28)19-8-9-20(35-19)23(34)32-18(10-14-4-2-3-5-14)22(33)30-16-6-7-16/h8-9,11-12,14,16,18,21,31H,2-7,10H2,1H3,(H,30,33)(H,32,34)/t18-,21+/m0/s1. The van der Waals surface area contributed by atoms with Gasteiger partial charge in [0.05, 0.1) is 21.3 Å². The maximum Gasteiger partial charge on any atom is 0.413 e. The number of alkyl halides is 3. The first-order valence-electron chi connectivity index (χ1n) is 11.8. The van der Waals surface area contributed by atoms with Crippen molar-refractivity contribution in [1.82, 2.24) is 15.6 Å². The zero-order valence-corrected chi connectivity index (χ0v) is 20.8. The highest BCUT2D eigenvalue weighted by Crippen LogP contribution is 2.39. The van der Waals surface area contributed by atoms with Crippen molar-refractivity contribution >= 4 is 40.4 Å². The fourth-order valence-corrected chi connectivity index (χ4v) is 5.47. The Morgan fingerprint density at radius 2 is 1.91 bits per heavy atom. The first-order chi connectivity index (χ1) is 16.6. The number of carbonyl (C=O) groups is 2. The van der Waals surface area contributed by atoms with Gasteiger partial charge in [0.1, 0.15) is 6.04 Å². The number of anilines is 1. The van der Waals surface area contributed by atoms with E-state index in [4.69, 9.17) is 11.6 Å². The van der Waals surface area contributed by atoms with Gasteiger partial charge in [0.2, 0.25) is 5.91 Å². The Morgan fingerprint density at radius 1 is 1.20 bits per heavy atom. The van der Waals surface area contributed by atoms with Gasteiger partial charge in [-0.1, -0.05) is 37.3 Å². The van der Waals surface area contributed by atoms with Crippen LogP contribution in [0.15, 0.2) is 24.4 Å². The Hall–Kier alpha value is -2.33. The number of hydrogen-bond donors (Lipinski definition) is 3. The summed E-state index contributed by atoms with van der Waals surface area (Å²) >= 11 is 6.66. The minimum absolute atomic E-state index is 0.0724. The lowest BCUT2D eigenvalue weighted by Gasteiger charge is -2.22. The Morgan fingerprint density at radius 3 is 2.57 bits per heavy atom. The van der Waals surface area contributed by atoms with Gasteiger partial charge in [-0.15, -0.1) is 11.3 Å². The largest absolute Gasteiger partial charge is 0.413 e. The SMILES string of the molecule is Cc1ncc(Cl)cc1N[C@H](c1ccc(C(=O)N[C@@H](CC2CCCC2)C(=O)NC2CC2)s1)C(F)(F)F. The Balaban J connectivity index is 1.49. The highest BCUT2D eigenvalue weighted by Gasteiger charge is 2.42. The smallest absolute Gasteiger partial charge is 0.368 e. The predicted molar refractivity (Wildman–Crippen MR) is 130 cm³/mol. The van der Waals surface area contributed by atoms with E-state index >= 15 is 0 Å². The molecule has 0 radical (unpaired) electrons. The summed E-state index contributed by atoms with van der Waals surface area (Å²) in [6.07, 6.45) is 3.38. The molecular formula is C24H28ClF3N4O2S. The molecule has 0 saturated heterocycles. The third kappa shape index (κ3) is 6.88. The number of pyridine rings is 1. The molecule has 3 N–H and O–H groups in total. The molecule has 2 fully saturated rings. The highest BCUT2D eigenvalue weighted by atomic mass is 35.5. The van der Waals surface area contributed by atoms with Crippen LogP contribution in [0.3, 0.4) is 0 Å². The van der Waals surface area contributed by atoms with Crippen LogP contribution in [0.25, 0.3) is 0 Å². The summed E-state index contributed by atoms with van der Waals surface area (Å²) in [5.41, 5.74) is 0.530. The lowest BCUT2D eigenvalue weighted by molar-refractivity contribution is -0.143. The van der Waals surface area contributed by atoms with Crippen LogP contribution in [0, 0.1) is 12.8 Å². The molecule has 2 heterocycles. The highest BCUT2D eigenvalue weighted by molar-refractivity contribution is 7.14. The van der Waals surface area contributed by atoms with Gasteiger partial charge in [0.25, 0.3) is 5.91 Å². The third-order valence-corrected chi connectivity index (χ3v) is 7.76. The summed E-state index contributed by atoms with van der Waals surface area (Å²) < 4.78 is 41.8. The van der Waals surface area contributed by atoms with E-state index in [9.17, 15) is 22.8 Å². The number of thiophene rings is 1. The molecule has 4 rings (SSSR count). The van der Waals surface area contributed by atoms with E-state index in [0.717, 1.165) is 49.9 Å². The van der Waals surface area contributed by atoms with Crippen molar-refractivity contribution in [3.05, 3.63) is 44.9 Å². The van der Waals surface area contributed by atoms with Crippen molar-refractivity contribution in [3.63, 3.8) is 0 Å². The van der Waals surface area contributed by atoms with Gasteiger partial charge in [-0.2, -0.15) is 13.2 Å². The van der Waals surface area contributed by atoms with Crippen LogP contribution >= 0.6 is 22.9 Å². The average Bonchev–Trinajstić information content (AvgIpc) is 3.24. The quantitative estimate of drug-likeness (QED) is 0.385. The molecule has 35 heavy (non-hydrogen) atoms. The molecule has 190 valence electrons. The fraction of sp³-hybridized carbons (Fsp3) is 0.542. The number of nitrogens with one attached hydrogen (secondary N) is 3. The molecule has 11 heteroatoms. The van der Waals surface area contributed by atoms with E-state index < -0.39 is 24.2 Å². The summed E-state index contributed by atoms with van der Waals surface area (Å²) in [6.45, 7) is 1.58. The van der Waals surface area contributed by atoms with E-state index in [0.29, 0.717) is 18.0 Å². The maximum absolute atomic E-state index is 13.9. The number of rotatable bonds is 9. The van der Waals surface area contributed by atoms with Crippen molar-refractivity contribution in [2.24, 2.45) is 5.92 Å². The van der Waals surface area contributed by atoms with E-state index in [1.165, 1.54) is 24.4 Å². The number of carbonyl (C=O) groups excluding carboxylic acids is 2. The maximum atomic E-state index is 13.9.